The van der Waals surface area contributed by atoms with Crippen LogP contribution in [0, 0.1) is 12.3 Å². The van der Waals surface area contributed by atoms with Gasteiger partial charge in [0.2, 0.25) is 0 Å². The highest BCUT2D eigenvalue weighted by Gasteiger charge is 2.25. The third-order valence-corrected chi connectivity index (χ3v) is 5.72. The summed E-state index contributed by atoms with van der Waals surface area (Å²) in [7, 11) is 0. The lowest BCUT2D eigenvalue weighted by Gasteiger charge is -2.30. The van der Waals surface area contributed by atoms with Crippen LogP contribution in [-0.4, -0.2) is 0 Å². The molecule has 0 heteroatoms. The molecule has 0 spiro atoms. The third kappa shape index (κ3) is 3.49. The lowest BCUT2D eigenvalue weighted by atomic mass is 9.75. The molecule has 0 nitrogen and oxygen atoms in total. The minimum atomic E-state index is 0.131. The first kappa shape index (κ1) is 17.7. The predicted octanol–water partition coefficient (Wildman–Crippen LogP) is 7.08. The quantitative estimate of drug-likeness (QED) is 0.552. The van der Waals surface area contributed by atoms with Gasteiger partial charge in [0.15, 0.2) is 0 Å². The topological polar surface area (TPSA) is 0 Å². The van der Waals surface area contributed by atoms with Gasteiger partial charge >= 0.3 is 0 Å². The molecular weight excluding hydrogens is 300 g/mol. The van der Waals surface area contributed by atoms with Gasteiger partial charge in [0.05, 0.1) is 0 Å². The summed E-state index contributed by atoms with van der Waals surface area (Å²) in [6.45, 7) is 15.8. The van der Waals surface area contributed by atoms with Crippen LogP contribution in [0.5, 0.6) is 0 Å². The van der Waals surface area contributed by atoms with Crippen LogP contribution < -0.4 is 0 Å². The van der Waals surface area contributed by atoms with Crippen LogP contribution in [0.15, 0.2) is 60.7 Å². The van der Waals surface area contributed by atoms with Gasteiger partial charge in [-0.2, -0.15) is 0 Å². The van der Waals surface area contributed by atoms with Crippen molar-refractivity contribution in [1.29, 1.82) is 0 Å². The molecule has 130 valence electrons. The SMILES string of the molecule is C=C1/C=C(/c2ccc(C(C)C)c(C)c2)c2ccccc2CCC1(C)C. The van der Waals surface area contributed by atoms with Crippen molar-refractivity contribution in [2.45, 2.75) is 53.4 Å². The maximum atomic E-state index is 4.41. The van der Waals surface area contributed by atoms with Crippen molar-refractivity contribution < 1.29 is 0 Å². The molecule has 3 rings (SSSR count). The second kappa shape index (κ2) is 6.67. The van der Waals surface area contributed by atoms with Crippen molar-refractivity contribution in [3.8, 4) is 0 Å². The first-order chi connectivity index (χ1) is 11.8. The average molecular weight is 331 g/mol. The van der Waals surface area contributed by atoms with Crippen molar-refractivity contribution in [1.82, 2.24) is 0 Å². The molecule has 0 bridgehead atoms. The highest BCUT2D eigenvalue weighted by atomic mass is 14.3. The van der Waals surface area contributed by atoms with Crippen LogP contribution in [0.3, 0.4) is 0 Å². The molecule has 0 fully saturated rings. The van der Waals surface area contributed by atoms with E-state index in [0.717, 1.165) is 12.8 Å². The summed E-state index contributed by atoms with van der Waals surface area (Å²) in [6, 6.07) is 15.8. The predicted molar refractivity (Wildman–Crippen MR) is 110 cm³/mol. The molecule has 0 N–H and O–H groups in total. The van der Waals surface area contributed by atoms with E-state index in [9.17, 15) is 0 Å². The van der Waals surface area contributed by atoms with E-state index in [2.05, 4.69) is 89.7 Å². The van der Waals surface area contributed by atoms with Gasteiger partial charge in [-0.25, -0.2) is 0 Å². The number of allylic oxidation sites excluding steroid dienone is 2. The van der Waals surface area contributed by atoms with Crippen LogP contribution in [0.4, 0.5) is 0 Å². The van der Waals surface area contributed by atoms with Gasteiger partial charge < -0.3 is 0 Å². The zero-order chi connectivity index (χ0) is 18.2. The molecule has 0 amide bonds. The van der Waals surface area contributed by atoms with E-state index in [4.69, 9.17) is 0 Å². The summed E-state index contributed by atoms with van der Waals surface area (Å²) >= 11 is 0. The van der Waals surface area contributed by atoms with Gasteiger partial charge in [-0.3, -0.25) is 0 Å². The molecule has 0 saturated carbocycles. The normalized spacial score (nSPS) is 19.0. The fourth-order valence-electron chi connectivity index (χ4n) is 3.79. The highest BCUT2D eigenvalue weighted by Crippen LogP contribution is 2.39. The number of hydrogen-bond donors (Lipinski definition) is 0. The molecule has 0 aromatic heterocycles. The lowest BCUT2D eigenvalue weighted by molar-refractivity contribution is 0.418. The Morgan fingerprint density at radius 2 is 1.76 bits per heavy atom. The van der Waals surface area contributed by atoms with Gasteiger partial charge in [-0.15, -0.1) is 0 Å². The average Bonchev–Trinajstić information content (AvgIpc) is 2.56. The van der Waals surface area contributed by atoms with Crippen molar-refractivity contribution in [3.05, 3.63) is 88.5 Å². The Morgan fingerprint density at radius 3 is 2.44 bits per heavy atom. The Hall–Kier alpha value is -2.08. The fraction of sp³-hybridized carbons (Fsp3) is 0.360. The molecule has 2 aromatic carbocycles. The Labute approximate surface area is 153 Å². The van der Waals surface area contributed by atoms with Crippen LogP contribution in [0.25, 0.3) is 5.57 Å². The van der Waals surface area contributed by atoms with E-state index in [-0.39, 0.29) is 5.41 Å². The van der Waals surface area contributed by atoms with Gasteiger partial charge in [-0.05, 0) is 70.1 Å². The van der Waals surface area contributed by atoms with Crippen LogP contribution in [0.1, 0.15) is 67.9 Å². The first-order valence-electron chi connectivity index (χ1n) is 9.40. The zero-order valence-corrected chi connectivity index (χ0v) is 16.3. The van der Waals surface area contributed by atoms with Crippen LogP contribution in [-0.2, 0) is 6.42 Å². The van der Waals surface area contributed by atoms with Crippen molar-refractivity contribution in [2.24, 2.45) is 5.41 Å². The van der Waals surface area contributed by atoms with Gasteiger partial charge in [0, 0.05) is 0 Å². The summed E-state index contributed by atoms with van der Waals surface area (Å²) in [4.78, 5) is 0. The highest BCUT2D eigenvalue weighted by molar-refractivity contribution is 5.84. The van der Waals surface area contributed by atoms with Crippen molar-refractivity contribution in [3.63, 3.8) is 0 Å². The van der Waals surface area contributed by atoms with E-state index >= 15 is 0 Å². The standard InChI is InChI=1S/C25H30/c1-17(2)22-12-11-21(15-18(22)3)24-16-19(4)25(5,6)14-13-20-9-7-8-10-23(20)24/h7-12,15-17H,4,13-14H2,1-3,5-6H3/b24-16-. The maximum absolute atomic E-state index is 4.41. The molecule has 0 radical (unpaired) electrons. The Bertz CT molecular complexity index is 831. The van der Waals surface area contributed by atoms with E-state index < -0.39 is 0 Å². The number of benzene rings is 2. The van der Waals surface area contributed by atoms with Crippen molar-refractivity contribution in [2.75, 3.05) is 0 Å². The van der Waals surface area contributed by atoms with Gasteiger partial charge in [0.25, 0.3) is 0 Å². The fourth-order valence-corrected chi connectivity index (χ4v) is 3.79. The Kier molecular flexibility index (Phi) is 4.73. The molecule has 2 aromatic rings. The monoisotopic (exact) mass is 330 g/mol. The molecule has 1 aliphatic carbocycles. The molecule has 1 aliphatic rings. The molecule has 0 saturated heterocycles. The number of hydrogen-bond acceptors (Lipinski definition) is 0. The van der Waals surface area contributed by atoms with Crippen molar-refractivity contribution >= 4 is 5.57 Å². The maximum Gasteiger partial charge on any atom is -0.0106 e. The summed E-state index contributed by atoms with van der Waals surface area (Å²) in [5.74, 6) is 0.557. The Morgan fingerprint density at radius 1 is 1.04 bits per heavy atom. The second-order valence-corrected chi connectivity index (χ2v) is 8.35. The van der Waals surface area contributed by atoms with Gasteiger partial charge in [-0.1, -0.05) is 82.8 Å². The minimum absolute atomic E-state index is 0.131. The van der Waals surface area contributed by atoms with E-state index in [1.165, 1.54) is 39.0 Å². The minimum Gasteiger partial charge on any atom is -0.0953 e. The third-order valence-electron chi connectivity index (χ3n) is 5.72. The summed E-state index contributed by atoms with van der Waals surface area (Å²) in [6.07, 6.45) is 4.56. The molecule has 0 unspecified atom stereocenters. The Balaban J connectivity index is 2.19. The van der Waals surface area contributed by atoms with E-state index in [1.807, 2.05) is 0 Å². The largest absolute Gasteiger partial charge is 0.0953 e. The van der Waals surface area contributed by atoms with E-state index in [1.54, 1.807) is 0 Å². The van der Waals surface area contributed by atoms with E-state index in [0.29, 0.717) is 5.92 Å². The summed E-state index contributed by atoms with van der Waals surface area (Å²) < 4.78 is 0. The molecule has 0 atom stereocenters. The first-order valence-corrected chi connectivity index (χ1v) is 9.40. The smallest absolute Gasteiger partial charge is 0.0106 e. The molecule has 0 heterocycles. The van der Waals surface area contributed by atoms with Gasteiger partial charge in [0.1, 0.15) is 0 Å². The number of fused-ring (bicyclic) bond motifs is 1. The summed E-state index contributed by atoms with van der Waals surface area (Å²) in [5, 5.41) is 0. The zero-order valence-electron chi connectivity index (χ0n) is 16.3. The van der Waals surface area contributed by atoms with Crippen LogP contribution >= 0.6 is 0 Å². The number of rotatable bonds is 2. The summed E-state index contributed by atoms with van der Waals surface area (Å²) in [5.41, 5.74) is 9.57. The van der Waals surface area contributed by atoms with Crippen LogP contribution in [0.2, 0.25) is 0 Å². The molecular formula is C25H30. The molecule has 25 heavy (non-hydrogen) atoms. The lowest BCUT2D eigenvalue weighted by Crippen LogP contribution is -2.17. The number of aryl methyl sites for hydroxylation is 2. The molecule has 0 aliphatic heterocycles. The second-order valence-electron chi connectivity index (χ2n) is 8.35.